The fraction of sp³-hybridized carbons (Fsp3) is 0.417. The molecule has 0 saturated heterocycles. The number of nitrogens with zero attached hydrogens (tertiary/aromatic N) is 1. The van der Waals surface area contributed by atoms with E-state index in [1.165, 1.54) is 0 Å². The van der Waals surface area contributed by atoms with Gasteiger partial charge in [-0.05, 0) is 26.8 Å². The maximum atomic E-state index is 5.53. The highest BCUT2D eigenvalue weighted by Gasteiger charge is 1.98. The van der Waals surface area contributed by atoms with E-state index in [1.54, 1.807) is 12.4 Å². The van der Waals surface area contributed by atoms with E-state index in [9.17, 15) is 0 Å². The summed E-state index contributed by atoms with van der Waals surface area (Å²) >= 11 is 0. The molecule has 2 N–H and O–H groups in total. The Bertz CT molecular complexity index is 375. The van der Waals surface area contributed by atoms with Crippen molar-refractivity contribution in [3.05, 3.63) is 24.0 Å². The topological polar surface area (TPSA) is 48.1 Å². The molecule has 80 valence electrons. The highest BCUT2D eigenvalue weighted by Crippen LogP contribution is 2.11. The normalized spacial score (nSPS) is 11.8. The quantitative estimate of drug-likeness (QED) is 0.744. The number of rotatable bonds is 2. The van der Waals surface area contributed by atoms with E-state index in [-0.39, 0.29) is 12.1 Å². The summed E-state index contributed by atoms with van der Waals surface area (Å²) in [5.41, 5.74) is 6.36. The van der Waals surface area contributed by atoms with Crippen molar-refractivity contribution in [3.8, 4) is 17.6 Å². The molecular formula is C12H16N2O. The zero-order chi connectivity index (χ0) is 11.3. The van der Waals surface area contributed by atoms with Crippen LogP contribution in [0.25, 0.3) is 0 Å². The molecule has 0 saturated carbocycles. The van der Waals surface area contributed by atoms with E-state index in [2.05, 4.69) is 16.8 Å². The van der Waals surface area contributed by atoms with Gasteiger partial charge >= 0.3 is 0 Å². The Balaban J connectivity index is 2.80. The van der Waals surface area contributed by atoms with Crippen LogP contribution < -0.4 is 10.5 Å². The van der Waals surface area contributed by atoms with Crippen LogP contribution in [-0.2, 0) is 0 Å². The molecule has 0 bridgehead atoms. The zero-order valence-corrected chi connectivity index (χ0v) is 9.32. The lowest BCUT2D eigenvalue weighted by atomic mass is 10.2. The maximum absolute atomic E-state index is 5.53. The largest absolute Gasteiger partial charge is 0.489 e. The van der Waals surface area contributed by atoms with Gasteiger partial charge in [0, 0.05) is 11.8 Å². The van der Waals surface area contributed by atoms with Crippen molar-refractivity contribution in [3.63, 3.8) is 0 Å². The SMILES string of the molecule is CC(N)C#Cc1cncc(OC(C)C)c1. The molecule has 0 radical (unpaired) electrons. The van der Waals surface area contributed by atoms with Gasteiger partial charge in [-0.3, -0.25) is 4.98 Å². The summed E-state index contributed by atoms with van der Waals surface area (Å²) in [7, 11) is 0. The van der Waals surface area contributed by atoms with Crippen molar-refractivity contribution in [2.45, 2.75) is 32.9 Å². The Morgan fingerprint density at radius 1 is 1.33 bits per heavy atom. The lowest BCUT2D eigenvalue weighted by Crippen LogP contribution is -2.11. The minimum Gasteiger partial charge on any atom is -0.489 e. The number of aromatic nitrogens is 1. The third kappa shape index (κ3) is 4.48. The van der Waals surface area contributed by atoms with Crippen LogP contribution in [0.1, 0.15) is 26.3 Å². The van der Waals surface area contributed by atoms with E-state index >= 15 is 0 Å². The predicted molar refractivity (Wildman–Crippen MR) is 60.5 cm³/mol. The van der Waals surface area contributed by atoms with Gasteiger partial charge in [-0.15, -0.1) is 0 Å². The molecule has 1 unspecified atom stereocenters. The van der Waals surface area contributed by atoms with Gasteiger partial charge in [0.1, 0.15) is 5.75 Å². The maximum Gasteiger partial charge on any atom is 0.139 e. The van der Waals surface area contributed by atoms with Crippen LogP contribution in [0.3, 0.4) is 0 Å². The van der Waals surface area contributed by atoms with Crippen molar-refractivity contribution < 1.29 is 4.74 Å². The van der Waals surface area contributed by atoms with Gasteiger partial charge in [-0.2, -0.15) is 0 Å². The Morgan fingerprint density at radius 2 is 2.07 bits per heavy atom. The molecule has 0 aliphatic heterocycles. The summed E-state index contributed by atoms with van der Waals surface area (Å²) in [6.45, 7) is 5.79. The van der Waals surface area contributed by atoms with Crippen LogP contribution in [0.4, 0.5) is 0 Å². The molecule has 1 heterocycles. The molecule has 1 atom stereocenters. The first-order valence-corrected chi connectivity index (χ1v) is 4.96. The minimum absolute atomic E-state index is 0.125. The standard InChI is InChI=1S/C12H16N2O/c1-9(2)15-12-6-11(7-14-8-12)5-4-10(3)13/h6-10H,13H2,1-3H3. The number of pyridine rings is 1. The predicted octanol–water partition coefficient (Wildman–Crippen LogP) is 1.57. The fourth-order valence-electron chi connectivity index (χ4n) is 1.02. The fourth-order valence-corrected chi connectivity index (χ4v) is 1.02. The number of ether oxygens (including phenoxy) is 1. The van der Waals surface area contributed by atoms with Crippen molar-refractivity contribution in [1.29, 1.82) is 0 Å². The molecule has 3 heteroatoms. The Labute approximate surface area is 90.7 Å². The van der Waals surface area contributed by atoms with Gasteiger partial charge in [-0.1, -0.05) is 11.8 Å². The first kappa shape index (κ1) is 11.5. The van der Waals surface area contributed by atoms with E-state index in [1.807, 2.05) is 26.8 Å². The molecule has 0 aliphatic rings. The second-order valence-corrected chi connectivity index (χ2v) is 3.63. The van der Waals surface area contributed by atoms with E-state index in [4.69, 9.17) is 10.5 Å². The number of hydrogen-bond acceptors (Lipinski definition) is 3. The first-order chi connectivity index (χ1) is 7.08. The van der Waals surface area contributed by atoms with Gasteiger partial charge in [0.15, 0.2) is 0 Å². The Kier molecular flexibility index (Phi) is 4.14. The third-order valence-corrected chi connectivity index (χ3v) is 1.53. The van der Waals surface area contributed by atoms with E-state index < -0.39 is 0 Å². The summed E-state index contributed by atoms with van der Waals surface area (Å²) in [6, 6.07) is 1.74. The molecule has 1 rings (SSSR count). The van der Waals surface area contributed by atoms with E-state index in [0.29, 0.717) is 0 Å². The van der Waals surface area contributed by atoms with Crippen molar-refractivity contribution in [1.82, 2.24) is 4.98 Å². The zero-order valence-electron chi connectivity index (χ0n) is 9.32. The summed E-state index contributed by atoms with van der Waals surface area (Å²) in [5, 5.41) is 0. The number of nitrogens with two attached hydrogens (primary N) is 1. The van der Waals surface area contributed by atoms with Gasteiger partial charge in [0.2, 0.25) is 0 Å². The van der Waals surface area contributed by atoms with Crippen molar-refractivity contribution in [2.24, 2.45) is 5.73 Å². The first-order valence-electron chi connectivity index (χ1n) is 4.96. The second kappa shape index (κ2) is 5.38. The highest BCUT2D eigenvalue weighted by molar-refractivity contribution is 5.37. The average Bonchev–Trinajstić information content (AvgIpc) is 2.14. The Morgan fingerprint density at radius 3 is 2.67 bits per heavy atom. The van der Waals surface area contributed by atoms with Gasteiger partial charge < -0.3 is 10.5 Å². The lowest BCUT2D eigenvalue weighted by Gasteiger charge is -2.08. The van der Waals surface area contributed by atoms with Gasteiger partial charge in [-0.25, -0.2) is 0 Å². The molecule has 0 spiro atoms. The van der Waals surface area contributed by atoms with Crippen LogP contribution in [0.5, 0.6) is 5.75 Å². The Hall–Kier alpha value is -1.53. The van der Waals surface area contributed by atoms with Gasteiger partial charge in [0.25, 0.3) is 0 Å². The summed E-state index contributed by atoms with van der Waals surface area (Å²) in [5.74, 6) is 6.55. The van der Waals surface area contributed by atoms with Crippen LogP contribution >= 0.6 is 0 Å². The van der Waals surface area contributed by atoms with Crippen LogP contribution in [0.2, 0.25) is 0 Å². The van der Waals surface area contributed by atoms with Crippen molar-refractivity contribution in [2.75, 3.05) is 0 Å². The van der Waals surface area contributed by atoms with Crippen LogP contribution in [-0.4, -0.2) is 17.1 Å². The monoisotopic (exact) mass is 204 g/mol. The summed E-state index contributed by atoms with van der Waals surface area (Å²) in [4.78, 5) is 4.05. The molecule has 1 aromatic rings. The van der Waals surface area contributed by atoms with Crippen molar-refractivity contribution >= 4 is 0 Å². The summed E-state index contributed by atoms with van der Waals surface area (Å²) in [6.07, 6.45) is 3.52. The molecule has 15 heavy (non-hydrogen) atoms. The summed E-state index contributed by atoms with van der Waals surface area (Å²) < 4.78 is 5.50. The molecular weight excluding hydrogens is 188 g/mol. The highest BCUT2D eigenvalue weighted by atomic mass is 16.5. The van der Waals surface area contributed by atoms with Crippen LogP contribution in [0, 0.1) is 11.8 Å². The molecule has 0 fully saturated rings. The molecule has 0 aliphatic carbocycles. The smallest absolute Gasteiger partial charge is 0.139 e. The molecule has 3 nitrogen and oxygen atoms in total. The van der Waals surface area contributed by atoms with E-state index in [0.717, 1.165) is 11.3 Å². The minimum atomic E-state index is -0.125. The number of hydrogen-bond donors (Lipinski definition) is 1. The molecule has 0 amide bonds. The van der Waals surface area contributed by atoms with Gasteiger partial charge in [0.05, 0.1) is 18.3 Å². The molecule has 1 aromatic heterocycles. The van der Waals surface area contributed by atoms with Crippen LogP contribution in [0.15, 0.2) is 18.5 Å². The average molecular weight is 204 g/mol. The second-order valence-electron chi connectivity index (χ2n) is 3.63. The molecule has 0 aromatic carbocycles. The lowest BCUT2D eigenvalue weighted by molar-refractivity contribution is 0.241. The third-order valence-electron chi connectivity index (χ3n) is 1.53.